The number of rotatable bonds is 3. The zero-order valence-corrected chi connectivity index (χ0v) is 8.66. The Morgan fingerprint density at radius 3 is 2.64 bits per heavy atom. The van der Waals surface area contributed by atoms with Gasteiger partial charge in [-0.3, -0.25) is 9.69 Å². The summed E-state index contributed by atoms with van der Waals surface area (Å²) in [4.78, 5) is 14.3. The smallest absolute Gasteiger partial charge is 0.159 e. The van der Waals surface area contributed by atoms with E-state index in [1.807, 2.05) is 0 Å². The standard InChI is InChI=1S/C10H18N2O2/c1-14-7-10(6-11)9(13)8-2-4-12(10)5-3-8/h8H,2-7,11H2,1H3. The van der Waals surface area contributed by atoms with E-state index < -0.39 is 5.54 Å². The summed E-state index contributed by atoms with van der Waals surface area (Å²) in [7, 11) is 1.63. The monoisotopic (exact) mass is 198 g/mol. The zero-order valence-electron chi connectivity index (χ0n) is 8.66. The lowest BCUT2D eigenvalue weighted by Crippen LogP contribution is -2.70. The number of fused-ring (bicyclic) bond motifs is 3. The molecule has 14 heavy (non-hydrogen) atoms. The first-order valence-corrected chi connectivity index (χ1v) is 5.23. The van der Waals surface area contributed by atoms with Crippen LogP contribution in [-0.4, -0.2) is 49.6 Å². The first-order chi connectivity index (χ1) is 6.74. The van der Waals surface area contributed by atoms with E-state index in [2.05, 4.69) is 4.90 Å². The van der Waals surface area contributed by atoms with E-state index in [1.165, 1.54) is 0 Å². The van der Waals surface area contributed by atoms with Crippen LogP contribution in [0.1, 0.15) is 12.8 Å². The summed E-state index contributed by atoms with van der Waals surface area (Å²) in [5, 5.41) is 0. The van der Waals surface area contributed by atoms with Crippen LogP contribution in [0.25, 0.3) is 0 Å². The summed E-state index contributed by atoms with van der Waals surface area (Å²) in [5.74, 6) is 0.540. The topological polar surface area (TPSA) is 55.6 Å². The van der Waals surface area contributed by atoms with Gasteiger partial charge in [0.1, 0.15) is 5.54 Å². The van der Waals surface area contributed by atoms with Gasteiger partial charge < -0.3 is 10.5 Å². The van der Waals surface area contributed by atoms with Gasteiger partial charge in [0, 0.05) is 19.6 Å². The van der Waals surface area contributed by atoms with Gasteiger partial charge in [-0.2, -0.15) is 0 Å². The Morgan fingerprint density at radius 1 is 1.57 bits per heavy atom. The molecule has 0 amide bonds. The van der Waals surface area contributed by atoms with Crippen molar-refractivity contribution in [1.82, 2.24) is 4.90 Å². The van der Waals surface area contributed by atoms with E-state index in [0.29, 0.717) is 18.9 Å². The van der Waals surface area contributed by atoms with Gasteiger partial charge in [0.2, 0.25) is 0 Å². The highest BCUT2D eigenvalue weighted by Crippen LogP contribution is 2.35. The average Bonchev–Trinajstić information content (AvgIpc) is 2.24. The second kappa shape index (κ2) is 3.61. The molecule has 3 aliphatic rings. The highest BCUT2D eigenvalue weighted by Gasteiger charge is 2.52. The van der Waals surface area contributed by atoms with Crippen LogP contribution in [0.2, 0.25) is 0 Å². The van der Waals surface area contributed by atoms with Crippen molar-refractivity contribution in [3.05, 3.63) is 0 Å². The molecule has 1 atom stereocenters. The summed E-state index contributed by atoms with van der Waals surface area (Å²) < 4.78 is 5.16. The maximum Gasteiger partial charge on any atom is 0.159 e. The van der Waals surface area contributed by atoms with Gasteiger partial charge >= 0.3 is 0 Å². The Balaban J connectivity index is 2.26. The van der Waals surface area contributed by atoms with Gasteiger partial charge in [0.05, 0.1) is 6.61 Å². The van der Waals surface area contributed by atoms with E-state index in [9.17, 15) is 4.79 Å². The van der Waals surface area contributed by atoms with Crippen molar-refractivity contribution >= 4 is 5.78 Å². The predicted octanol–water partition coefficient (Wildman–Crippen LogP) is -0.375. The molecule has 3 fully saturated rings. The molecule has 0 radical (unpaired) electrons. The minimum Gasteiger partial charge on any atom is -0.382 e. The molecule has 2 N–H and O–H groups in total. The van der Waals surface area contributed by atoms with E-state index in [1.54, 1.807) is 7.11 Å². The normalized spacial score (nSPS) is 41.7. The molecule has 0 aromatic heterocycles. The summed E-state index contributed by atoms with van der Waals surface area (Å²) >= 11 is 0. The molecule has 1 unspecified atom stereocenters. The molecule has 4 heteroatoms. The number of ether oxygens (including phenoxy) is 1. The maximum absolute atomic E-state index is 12.1. The molecular formula is C10H18N2O2. The molecule has 4 nitrogen and oxygen atoms in total. The fourth-order valence-electron chi connectivity index (χ4n) is 2.80. The number of nitrogens with two attached hydrogens (primary N) is 1. The number of piperidine rings is 3. The van der Waals surface area contributed by atoms with Gasteiger partial charge in [-0.05, 0) is 25.9 Å². The molecule has 0 spiro atoms. The molecule has 2 bridgehead atoms. The van der Waals surface area contributed by atoms with Crippen molar-refractivity contribution in [2.45, 2.75) is 18.4 Å². The van der Waals surface area contributed by atoms with Crippen LogP contribution < -0.4 is 5.73 Å². The average molecular weight is 198 g/mol. The highest BCUT2D eigenvalue weighted by molar-refractivity contribution is 5.92. The quantitative estimate of drug-likeness (QED) is 0.672. The molecule has 3 aliphatic heterocycles. The zero-order chi connectivity index (χ0) is 10.2. The lowest BCUT2D eigenvalue weighted by Gasteiger charge is -2.52. The van der Waals surface area contributed by atoms with Crippen molar-refractivity contribution in [3.63, 3.8) is 0 Å². The number of nitrogens with zero attached hydrogens (tertiary/aromatic N) is 1. The molecule has 3 saturated heterocycles. The fourth-order valence-corrected chi connectivity index (χ4v) is 2.80. The number of carbonyl (C=O) groups is 1. The molecule has 0 saturated carbocycles. The number of Topliss-reactive ketones (excluding diaryl/α,β-unsaturated/α-hetero) is 1. The summed E-state index contributed by atoms with van der Waals surface area (Å²) in [5.41, 5.74) is 5.25. The molecule has 3 heterocycles. The van der Waals surface area contributed by atoms with Gasteiger partial charge in [0.15, 0.2) is 5.78 Å². The third-order valence-electron chi connectivity index (χ3n) is 3.65. The Hall–Kier alpha value is -0.450. The number of hydrogen-bond acceptors (Lipinski definition) is 4. The number of methoxy groups -OCH3 is 1. The molecule has 0 aromatic rings. The summed E-state index contributed by atoms with van der Waals surface area (Å²) in [6.07, 6.45) is 2.01. The largest absolute Gasteiger partial charge is 0.382 e. The van der Waals surface area contributed by atoms with Crippen LogP contribution in [0.4, 0.5) is 0 Å². The third kappa shape index (κ3) is 1.21. The second-order valence-electron chi connectivity index (χ2n) is 4.29. The highest BCUT2D eigenvalue weighted by atomic mass is 16.5. The molecule has 0 aromatic carbocycles. The van der Waals surface area contributed by atoms with Crippen molar-refractivity contribution in [1.29, 1.82) is 0 Å². The van der Waals surface area contributed by atoms with Gasteiger partial charge in [-0.25, -0.2) is 0 Å². The Bertz CT molecular complexity index is 236. The van der Waals surface area contributed by atoms with Gasteiger partial charge in [-0.1, -0.05) is 0 Å². The first-order valence-electron chi connectivity index (χ1n) is 5.23. The van der Waals surface area contributed by atoms with Crippen LogP contribution in [0, 0.1) is 5.92 Å². The Morgan fingerprint density at radius 2 is 2.21 bits per heavy atom. The van der Waals surface area contributed by atoms with E-state index in [0.717, 1.165) is 25.9 Å². The molecule has 80 valence electrons. The van der Waals surface area contributed by atoms with Gasteiger partial charge in [0.25, 0.3) is 0 Å². The summed E-state index contributed by atoms with van der Waals surface area (Å²) in [6.45, 7) is 2.82. The Kier molecular flexibility index (Phi) is 2.60. The predicted molar refractivity (Wildman–Crippen MR) is 53.0 cm³/mol. The number of hydrogen-bond donors (Lipinski definition) is 1. The van der Waals surface area contributed by atoms with Crippen molar-refractivity contribution in [2.75, 3.05) is 33.4 Å². The molecule has 0 aliphatic carbocycles. The first kappa shape index (κ1) is 10.1. The van der Waals surface area contributed by atoms with Crippen molar-refractivity contribution in [2.24, 2.45) is 11.7 Å². The van der Waals surface area contributed by atoms with Crippen LogP contribution in [0.5, 0.6) is 0 Å². The van der Waals surface area contributed by atoms with Crippen molar-refractivity contribution in [3.8, 4) is 0 Å². The number of carbonyl (C=O) groups excluding carboxylic acids is 1. The lowest BCUT2D eigenvalue weighted by molar-refractivity contribution is -0.152. The van der Waals surface area contributed by atoms with Gasteiger partial charge in [-0.15, -0.1) is 0 Å². The second-order valence-corrected chi connectivity index (χ2v) is 4.29. The van der Waals surface area contributed by atoms with E-state index in [4.69, 9.17) is 10.5 Å². The minimum atomic E-state index is -0.504. The van der Waals surface area contributed by atoms with E-state index in [-0.39, 0.29) is 5.92 Å². The van der Waals surface area contributed by atoms with Crippen molar-refractivity contribution < 1.29 is 9.53 Å². The fraction of sp³-hybridized carbons (Fsp3) is 0.900. The molecular weight excluding hydrogens is 180 g/mol. The number of ketones is 1. The van der Waals surface area contributed by atoms with Crippen LogP contribution in [0.15, 0.2) is 0 Å². The van der Waals surface area contributed by atoms with Crippen LogP contribution in [0.3, 0.4) is 0 Å². The maximum atomic E-state index is 12.1. The van der Waals surface area contributed by atoms with E-state index >= 15 is 0 Å². The Labute approximate surface area is 84.4 Å². The molecule has 3 rings (SSSR count). The third-order valence-corrected chi connectivity index (χ3v) is 3.65. The van der Waals surface area contributed by atoms with Crippen LogP contribution in [-0.2, 0) is 9.53 Å². The van der Waals surface area contributed by atoms with Crippen LogP contribution >= 0.6 is 0 Å². The summed E-state index contributed by atoms with van der Waals surface area (Å²) in [6, 6.07) is 0. The lowest BCUT2D eigenvalue weighted by atomic mass is 9.73. The minimum absolute atomic E-state index is 0.235. The SMILES string of the molecule is COCC1(CN)C(=O)C2CCN1CC2.